The lowest BCUT2D eigenvalue weighted by Gasteiger charge is -2.07. The molecule has 0 aliphatic carbocycles. The zero-order chi connectivity index (χ0) is 18.4. The third-order valence-electron chi connectivity index (χ3n) is 3.61. The Labute approximate surface area is 150 Å². The van der Waals surface area contributed by atoms with Crippen LogP contribution < -0.4 is 5.32 Å². The molecule has 1 aromatic heterocycles. The van der Waals surface area contributed by atoms with Crippen molar-refractivity contribution in [1.82, 2.24) is 4.98 Å². The van der Waals surface area contributed by atoms with E-state index in [0.29, 0.717) is 16.9 Å². The molecule has 5 heteroatoms. The molecule has 26 heavy (non-hydrogen) atoms. The summed E-state index contributed by atoms with van der Waals surface area (Å²) < 4.78 is 0. The van der Waals surface area contributed by atoms with Crippen LogP contribution in [0.25, 0.3) is 17.3 Å². The van der Waals surface area contributed by atoms with Crippen LogP contribution in [0, 0.1) is 0 Å². The molecular weight excluding hydrogens is 328 g/mol. The molecule has 2 N–H and O–H groups in total. The number of benzene rings is 2. The summed E-state index contributed by atoms with van der Waals surface area (Å²) in [5.41, 5.74) is 3.20. The molecule has 0 radical (unpaired) electrons. The van der Waals surface area contributed by atoms with E-state index in [1.54, 1.807) is 36.4 Å². The topological polar surface area (TPSA) is 79.3 Å². The number of carbonyl (C=O) groups is 2. The van der Waals surface area contributed by atoms with Crippen molar-refractivity contribution >= 4 is 23.6 Å². The molecule has 0 saturated carbocycles. The van der Waals surface area contributed by atoms with Gasteiger partial charge >= 0.3 is 5.97 Å². The number of rotatable bonds is 5. The third-order valence-corrected chi connectivity index (χ3v) is 3.61. The van der Waals surface area contributed by atoms with Crippen molar-refractivity contribution < 1.29 is 14.7 Å². The minimum atomic E-state index is -1.03. The molecule has 0 aliphatic heterocycles. The number of carboxylic acids is 1. The van der Waals surface area contributed by atoms with Crippen LogP contribution in [0.1, 0.15) is 16.1 Å². The standard InChI is InChI=1S/C21H16N2O3/c24-20(25)13-12-15-6-4-9-17(14-15)22-21(26)19-11-5-10-18(23-19)16-7-2-1-3-8-16/h1-14H,(H,22,26)(H,24,25). The van der Waals surface area contributed by atoms with Crippen molar-refractivity contribution in [3.05, 3.63) is 90.1 Å². The smallest absolute Gasteiger partial charge is 0.328 e. The number of carbonyl (C=O) groups excluding carboxylic acids is 1. The maximum atomic E-state index is 12.5. The molecule has 3 rings (SSSR count). The highest BCUT2D eigenvalue weighted by molar-refractivity contribution is 6.03. The maximum absolute atomic E-state index is 12.5. The predicted molar refractivity (Wildman–Crippen MR) is 101 cm³/mol. The third kappa shape index (κ3) is 4.42. The van der Waals surface area contributed by atoms with Crippen molar-refractivity contribution in [3.8, 4) is 11.3 Å². The molecule has 1 heterocycles. The Morgan fingerprint density at radius 3 is 2.46 bits per heavy atom. The summed E-state index contributed by atoms with van der Waals surface area (Å²) in [6.45, 7) is 0. The van der Waals surface area contributed by atoms with Gasteiger partial charge in [-0.15, -0.1) is 0 Å². The SMILES string of the molecule is O=C(O)C=Cc1cccc(NC(=O)c2cccc(-c3ccccc3)n2)c1. The molecule has 0 saturated heterocycles. The van der Waals surface area contributed by atoms with Gasteiger partial charge in [0.2, 0.25) is 0 Å². The normalized spacial score (nSPS) is 10.6. The molecule has 0 bridgehead atoms. The zero-order valence-corrected chi connectivity index (χ0v) is 13.8. The largest absolute Gasteiger partial charge is 0.478 e. The first kappa shape index (κ1) is 17.1. The highest BCUT2D eigenvalue weighted by Gasteiger charge is 2.09. The quantitative estimate of drug-likeness (QED) is 0.683. The summed E-state index contributed by atoms with van der Waals surface area (Å²) in [7, 11) is 0. The number of amides is 1. The number of aromatic nitrogens is 1. The Bertz CT molecular complexity index is 966. The van der Waals surface area contributed by atoms with Crippen LogP contribution in [0.4, 0.5) is 5.69 Å². The van der Waals surface area contributed by atoms with Crippen LogP contribution >= 0.6 is 0 Å². The van der Waals surface area contributed by atoms with E-state index in [1.165, 1.54) is 6.08 Å². The Morgan fingerprint density at radius 1 is 0.923 bits per heavy atom. The van der Waals surface area contributed by atoms with Crippen LogP contribution in [-0.2, 0) is 4.79 Å². The van der Waals surface area contributed by atoms with Crippen LogP contribution in [0.5, 0.6) is 0 Å². The summed E-state index contributed by atoms with van der Waals surface area (Å²) in [5, 5.41) is 11.5. The van der Waals surface area contributed by atoms with Gasteiger partial charge in [-0.3, -0.25) is 4.79 Å². The van der Waals surface area contributed by atoms with Crippen LogP contribution in [0.3, 0.4) is 0 Å². The van der Waals surface area contributed by atoms with E-state index in [9.17, 15) is 9.59 Å². The van der Waals surface area contributed by atoms with E-state index in [0.717, 1.165) is 17.3 Å². The van der Waals surface area contributed by atoms with E-state index in [4.69, 9.17) is 5.11 Å². The molecule has 128 valence electrons. The van der Waals surface area contributed by atoms with Gasteiger partial charge in [0.05, 0.1) is 5.69 Å². The monoisotopic (exact) mass is 344 g/mol. The van der Waals surface area contributed by atoms with Crippen molar-refractivity contribution in [3.63, 3.8) is 0 Å². The Balaban J connectivity index is 1.79. The molecule has 0 spiro atoms. The molecule has 5 nitrogen and oxygen atoms in total. The summed E-state index contributed by atoms with van der Waals surface area (Å²) in [5.74, 6) is -1.36. The van der Waals surface area contributed by atoms with Crippen molar-refractivity contribution in [2.75, 3.05) is 5.32 Å². The molecule has 0 unspecified atom stereocenters. The summed E-state index contributed by atoms with van der Waals surface area (Å²) in [4.78, 5) is 27.5. The minimum absolute atomic E-state index is 0.304. The molecule has 3 aromatic rings. The number of aliphatic carboxylic acids is 1. The van der Waals surface area contributed by atoms with E-state index >= 15 is 0 Å². The minimum Gasteiger partial charge on any atom is -0.478 e. The number of hydrogen-bond donors (Lipinski definition) is 2. The molecule has 1 amide bonds. The van der Waals surface area contributed by atoms with Crippen molar-refractivity contribution in [2.45, 2.75) is 0 Å². The van der Waals surface area contributed by atoms with Gasteiger partial charge < -0.3 is 10.4 Å². The Hall–Kier alpha value is -3.73. The van der Waals surface area contributed by atoms with Gasteiger partial charge in [-0.1, -0.05) is 48.5 Å². The second-order valence-electron chi connectivity index (χ2n) is 5.53. The Morgan fingerprint density at radius 2 is 1.69 bits per heavy atom. The molecule has 0 fully saturated rings. The summed E-state index contributed by atoms with van der Waals surface area (Å²) in [6.07, 6.45) is 2.51. The van der Waals surface area contributed by atoms with Crippen LogP contribution in [0.2, 0.25) is 0 Å². The van der Waals surface area contributed by atoms with E-state index < -0.39 is 5.97 Å². The maximum Gasteiger partial charge on any atom is 0.328 e. The van der Waals surface area contributed by atoms with Gasteiger partial charge in [-0.05, 0) is 35.9 Å². The van der Waals surface area contributed by atoms with Gasteiger partial charge in [0.1, 0.15) is 5.69 Å². The van der Waals surface area contributed by atoms with E-state index in [1.807, 2.05) is 36.4 Å². The first-order valence-corrected chi connectivity index (χ1v) is 7.97. The molecule has 2 aromatic carbocycles. The summed E-state index contributed by atoms with van der Waals surface area (Å²) >= 11 is 0. The second-order valence-corrected chi connectivity index (χ2v) is 5.53. The highest BCUT2D eigenvalue weighted by atomic mass is 16.4. The zero-order valence-electron chi connectivity index (χ0n) is 13.8. The lowest BCUT2D eigenvalue weighted by atomic mass is 10.1. The van der Waals surface area contributed by atoms with E-state index in [-0.39, 0.29) is 5.91 Å². The second kappa shape index (κ2) is 7.90. The molecule has 0 atom stereocenters. The van der Waals surface area contributed by atoms with Crippen LogP contribution in [0.15, 0.2) is 78.9 Å². The highest BCUT2D eigenvalue weighted by Crippen LogP contribution is 2.18. The molecular formula is C21H16N2O3. The first-order chi connectivity index (χ1) is 12.6. The number of hydrogen-bond acceptors (Lipinski definition) is 3. The van der Waals surface area contributed by atoms with Gasteiger partial charge in [0.25, 0.3) is 5.91 Å². The van der Waals surface area contributed by atoms with E-state index in [2.05, 4.69) is 10.3 Å². The summed E-state index contributed by atoms with van der Waals surface area (Å²) in [6, 6.07) is 21.8. The van der Waals surface area contributed by atoms with Crippen LogP contribution in [-0.4, -0.2) is 22.0 Å². The fraction of sp³-hybridized carbons (Fsp3) is 0. The number of nitrogens with one attached hydrogen (secondary N) is 1. The number of nitrogens with zero attached hydrogens (tertiary/aromatic N) is 1. The average molecular weight is 344 g/mol. The number of anilines is 1. The lowest BCUT2D eigenvalue weighted by Crippen LogP contribution is -2.13. The van der Waals surface area contributed by atoms with Gasteiger partial charge in [-0.25, -0.2) is 9.78 Å². The fourth-order valence-electron chi connectivity index (χ4n) is 2.41. The Kier molecular flexibility index (Phi) is 5.19. The molecule has 0 aliphatic rings. The predicted octanol–water partition coefficient (Wildman–Crippen LogP) is 4.10. The van der Waals surface area contributed by atoms with Gasteiger partial charge in [-0.2, -0.15) is 0 Å². The number of carboxylic acid groups (broad SMARTS) is 1. The average Bonchev–Trinajstić information content (AvgIpc) is 2.67. The number of pyridine rings is 1. The van der Waals surface area contributed by atoms with Gasteiger partial charge in [0.15, 0.2) is 0 Å². The first-order valence-electron chi connectivity index (χ1n) is 7.97. The lowest BCUT2D eigenvalue weighted by molar-refractivity contribution is -0.131. The van der Waals surface area contributed by atoms with Crippen molar-refractivity contribution in [1.29, 1.82) is 0 Å². The fourth-order valence-corrected chi connectivity index (χ4v) is 2.41. The van der Waals surface area contributed by atoms with Gasteiger partial charge in [0, 0.05) is 17.3 Å². The van der Waals surface area contributed by atoms with Crippen molar-refractivity contribution in [2.24, 2.45) is 0 Å².